The van der Waals surface area contributed by atoms with Crippen LogP contribution in [0.3, 0.4) is 0 Å². The summed E-state index contributed by atoms with van der Waals surface area (Å²) in [6, 6.07) is 11.7. The van der Waals surface area contributed by atoms with Crippen LogP contribution in [0.2, 0.25) is 0 Å². The average molecular weight is 346 g/mol. The fraction of sp³-hybridized carbons (Fsp3) is 0.318. The van der Waals surface area contributed by atoms with Crippen LogP contribution in [-0.4, -0.2) is 16.7 Å². The Bertz CT molecular complexity index is 915. The molecule has 0 saturated heterocycles. The summed E-state index contributed by atoms with van der Waals surface area (Å²) in [7, 11) is 0. The molecule has 0 radical (unpaired) electrons. The molecule has 2 aromatic rings. The van der Waals surface area contributed by atoms with Crippen LogP contribution in [0.1, 0.15) is 48.4 Å². The number of hydrogen-bond donors (Lipinski definition) is 0. The third-order valence-corrected chi connectivity index (χ3v) is 5.47. The number of benzene rings is 1. The molecule has 0 fully saturated rings. The van der Waals surface area contributed by atoms with Gasteiger partial charge in [-0.3, -0.25) is 19.5 Å². The molecule has 1 aromatic carbocycles. The van der Waals surface area contributed by atoms with Crippen LogP contribution in [0.25, 0.3) is 0 Å². The maximum atomic E-state index is 13.1. The Labute approximate surface area is 153 Å². The van der Waals surface area contributed by atoms with Crippen LogP contribution in [-0.2, 0) is 9.59 Å². The number of ketones is 1. The SMILES string of the molecule is Cc1ccc(N2C(=O)CC(c3ccccn3)C3=C2CCCC3=O)cc1C. The van der Waals surface area contributed by atoms with E-state index in [4.69, 9.17) is 0 Å². The average Bonchev–Trinajstić information content (AvgIpc) is 2.64. The van der Waals surface area contributed by atoms with Gasteiger partial charge < -0.3 is 0 Å². The molecule has 0 bridgehead atoms. The summed E-state index contributed by atoms with van der Waals surface area (Å²) < 4.78 is 0. The van der Waals surface area contributed by atoms with Gasteiger partial charge in [0, 0.05) is 47.6 Å². The standard InChI is InChI=1S/C22H22N2O2/c1-14-9-10-16(12-15(14)2)24-19-7-5-8-20(25)22(19)17(13-21(24)26)18-6-3-4-11-23-18/h3-4,6,9-12,17H,5,7-8,13H2,1-2H3. The summed E-state index contributed by atoms with van der Waals surface area (Å²) in [5.41, 5.74) is 5.66. The summed E-state index contributed by atoms with van der Waals surface area (Å²) in [5, 5.41) is 0. The molecule has 4 heteroatoms. The minimum atomic E-state index is -0.228. The second-order valence-corrected chi connectivity index (χ2v) is 7.15. The molecule has 0 spiro atoms. The van der Waals surface area contributed by atoms with Crippen molar-refractivity contribution in [1.29, 1.82) is 0 Å². The van der Waals surface area contributed by atoms with E-state index in [1.54, 1.807) is 11.1 Å². The minimum absolute atomic E-state index is 0.0392. The number of aryl methyl sites for hydroxylation is 2. The van der Waals surface area contributed by atoms with Crippen molar-refractivity contribution in [2.75, 3.05) is 4.90 Å². The zero-order chi connectivity index (χ0) is 18.3. The largest absolute Gasteiger partial charge is 0.294 e. The molecule has 0 saturated carbocycles. The zero-order valence-corrected chi connectivity index (χ0v) is 15.2. The van der Waals surface area contributed by atoms with Gasteiger partial charge in [0.2, 0.25) is 5.91 Å². The molecule has 0 N–H and O–H groups in total. The maximum absolute atomic E-state index is 13.1. The van der Waals surface area contributed by atoms with Crippen LogP contribution in [0, 0.1) is 13.8 Å². The van der Waals surface area contributed by atoms with E-state index in [0.717, 1.165) is 41.1 Å². The molecule has 26 heavy (non-hydrogen) atoms. The van der Waals surface area contributed by atoms with E-state index in [1.165, 1.54) is 5.56 Å². The number of allylic oxidation sites excluding steroid dienone is 2. The van der Waals surface area contributed by atoms with E-state index in [9.17, 15) is 9.59 Å². The first-order valence-electron chi connectivity index (χ1n) is 9.13. The Morgan fingerprint density at radius 1 is 1.04 bits per heavy atom. The fourth-order valence-electron chi connectivity index (χ4n) is 3.99. The number of rotatable bonds is 2. The summed E-state index contributed by atoms with van der Waals surface area (Å²) >= 11 is 0. The Kier molecular flexibility index (Phi) is 4.19. The molecule has 4 rings (SSSR count). The van der Waals surface area contributed by atoms with E-state index in [-0.39, 0.29) is 24.0 Å². The molecule has 1 amide bonds. The first kappa shape index (κ1) is 16.7. The summed E-state index contributed by atoms with van der Waals surface area (Å²) in [5.74, 6) is -0.0325. The molecule has 2 aliphatic rings. The van der Waals surface area contributed by atoms with Crippen LogP contribution in [0.15, 0.2) is 53.9 Å². The summed E-state index contributed by atoms with van der Waals surface area (Å²) in [4.78, 5) is 32.1. The smallest absolute Gasteiger partial charge is 0.232 e. The van der Waals surface area contributed by atoms with Gasteiger partial charge in [-0.25, -0.2) is 0 Å². The molecular formula is C22H22N2O2. The Morgan fingerprint density at radius 2 is 1.88 bits per heavy atom. The van der Waals surface area contributed by atoms with Crippen molar-refractivity contribution in [3.63, 3.8) is 0 Å². The van der Waals surface area contributed by atoms with Gasteiger partial charge >= 0.3 is 0 Å². The molecule has 1 atom stereocenters. The lowest BCUT2D eigenvalue weighted by Gasteiger charge is -2.38. The minimum Gasteiger partial charge on any atom is -0.294 e. The van der Waals surface area contributed by atoms with Crippen LogP contribution in [0.4, 0.5) is 5.69 Å². The van der Waals surface area contributed by atoms with Crippen molar-refractivity contribution >= 4 is 17.4 Å². The molecule has 1 aliphatic carbocycles. The molecule has 132 valence electrons. The third-order valence-electron chi connectivity index (χ3n) is 5.47. The second kappa shape index (κ2) is 6.52. The normalized spacial score (nSPS) is 20.4. The first-order chi connectivity index (χ1) is 12.6. The van der Waals surface area contributed by atoms with E-state index in [0.29, 0.717) is 6.42 Å². The van der Waals surface area contributed by atoms with Crippen molar-refractivity contribution in [2.45, 2.75) is 45.4 Å². The van der Waals surface area contributed by atoms with Gasteiger partial charge in [0.15, 0.2) is 5.78 Å². The Balaban J connectivity index is 1.86. The maximum Gasteiger partial charge on any atom is 0.232 e. The lowest BCUT2D eigenvalue weighted by molar-refractivity contribution is -0.120. The van der Waals surface area contributed by atoms with Gasteiger partial charge in [0.1, 0.15) is 0 Å². The monoisotopic (exact) mass is 346 g/mol. The number of amides is 1. The van der Waals surface area contributed by atoms with Gasteiger partial charge in [-0.1, -0.05) is 12.1 Å². The predicted octanol–water partition coefficient (Wildman–Crippen LogP) is 4.23. The van der Waals surface area contributed by atoms with Gasteiger partial charge in [-0.05, 0) is 62.1 Å². The van der Waals surface area contributed by atoms with Gasteiger partial charge in [0.25, 0.3) is 0 Å². The lowest BCUT2D eigenvalue weighted by atomic mass is 9.78. The highest BCUT2D eigenvalue weighted by molar-refractivity contribution is 6.07. The number of carbonyl (C=O) groups is 2. The zero-order valence-electron chi connectivity index (χ0n) is 15.2. The topological polar surface area (TPSA) is 50.3 Å². The van der Waals surface area contributed by atoms with Crippen LogP contribution >= 0.6 is 0 Å². The van der Waals surface area contributed by atoms with Crippen molar-refractivity contribution in [1.82, 2.24) is 4.98 Å². The van der Waals surface area contributed by atoms with Crippen molar-refractivity contribution < 1.29 is 9.59 Å². The van der Waals surface area contributed by atoms with Gasteiger partial charge in [0.05, 0.1) is 0 Å². The quantitative estimate of drug-likeness (QED) is 0.818. The molecule has 4 nitrogen and oxygen atoms in total. The lowest BCUT2D eigenvalue weighted by Crippen LogP contribution is -2.40. The third kappa shape index (κ3) is 2.75. The van der Waals surface area contributed by atoms with Crippen molar-refractivity contribution in [3.05, 3.63) is 70.7 Å². The van der Waals surface area contributed by atoms with E-state index in [1.807, 2.05) is 43.3 Å². The highest BCUT2D eigenvalue weighted by Gasteiger charge is 2.40. The molecule has 2 heterocycles. The highest BCUT2D eigenvalue weighted by Crippen LogP contribution is 2.42. The number of anilines is 1. The van der Waals surface area contributed by atoms with Gasteiger partial charge in [-0.2, -0.15) is 0 Å². The second-order valence-electron chi connectivity index (χ2n) is 7.15. The summed E-state index contributed by atoms with van der Waals surface area (Å²) in [6.07, 6.45) is 4.11. The molecule has 1 aliphatic heterocycles. The molecule has 1 aromatic heterocycles. The number of pyridine rings is 1. The highest BCUT2D eigenvalue weighted by atomic mass is 16.2. The van der Waals surface area contributed by atoms with E-state index >= 15 is 0 Å². The molecular weight excluding hydrogens is 324 g/mol. The summed E-state index contributed by atoms with van der Waals surface area (Å²) in [6.45, 7) is 4.11. The predicted molar refractivity (Wildman–Crippen MR) is 101 cm³/mol. The Hall–Kier alpha value is -2.75. The molecule has 1 unspecified atom stereocenters. The van der Waals surface area contributed by atoms with Crippen LogP contribution < -0.4 is 4.90 Å². The number of hydrogen-bond acceptors (Lipinski definition) is 3. The number of Topliss-reactive ketones (excluding diaryl/α,β-unsaturated/α-hetero) is 1. The Morgan fingerprint density at radius 3 is 2.62 bits per heavy atom. The fourth-order valence-corrected chi connectivity index (χ4v) is 3.99. The van der Waals surface area contributed by atoms with Crippen molar-refractivity contribution in [2.24, 2.45) is 0 Å². The number of aromatic nitrogens is 1. The van der Waals surface area contributed by atoms with Crippen LogP contribution in [0.5, 0.6) is 0 Å². The number of nitrogens with zero attached hydrogens (tertiary/aromatic N) is 2. The van der Waals surface area contributed by atoms with E-state index in [2.05, 4.69) is 11.9 Å². The first-order valence-corrected chi connectivity index (χ1v) is 9.13. The number of carbonyl (C=O) groups excluding carboxylic acids is 2. The van der Waals surface area contributed by atoms with E-state index < -0.39 is 0 Å². The van der Waals surface area contributed by atoms with Gasteiger partial charge in [-0.15, -0.1) is 0 Å². The van der Waals surface area contributed by atoms with Crippen molar-refractivity contribution in [3.8, 4) is 0 Å².